The Labute approximate surface area is 248 Å². The number of benzene rings is 2. The van der Waals surface area contributed by atoms with Gasteiger partial charge in [0.15, 0.2) is 0 Å². The molecule has 2 heterocycles. The number of likely N-dealkylation sites (tertiary alicyclic amines) is 1. The Hall–Kier alpha value is -3.94. The number of hydrogen-bond acceptors (Lipinski definition) is 8. The zero-order valence-electron chi connectivity index (χ0n) is 23.1. The van der Waals surface area contributed by atoms with Crippen LogP contribution in [0.25, 0.3) is 10.9 Å². The number of esters is 1. The van der Waals surface area contributed by atoms with E-state index in [4.69, 9.17) is 9.47 Å². The number of nitrogens with one attached hydrogen (secondary N) is 2. The van der Waals surface area contributed by atoms with Crippen molar-refractivity contribution in [2.45, 2.75) is 32.6 Å². The molecule has 0 aliphatic carbocycles. The normalized spacial score (nSPS) is 13.8. The smallest absolute Gasteiger partial charge is 0.320 e. The number of carbonyl (C=O) groups excluding carboxylic acids is 2. The Kier molecular flexibility index (Phi) is 10.7. The fourth-order valence-electron chi connectivity index (χ4n) is 4.93. The molecule has 0 bridgehead atoms. The highest BCUT2D eigenvalue weighted by Crippen LogP contribution is 2.36. The largest absolute Gasteiger partial charge is 0.491 e. The summed E-state index contributed by atoms with van der Waals surface area (Å²) in [6.45, 7) is 8.40. The molecular weight excluding hydrogens is 586 g/mol. The highest BCUT2D eigenvalue weighted by Gasteiger charge is 2.21. The lowest BCUT2D eigenvalue weighted by atomic mass is 9.92. The van der Waals surface area contributed by atoms with Crippen LogP contribution in [0.1, 0.15) is 38.2 Å². The average Bonchev–Trinajstić information content (AvgIpc) is 2.96. The highest BCUT2D eigenvalue weighted by molar-refractivity contribution is 9.10. The summed E-state index contributed by atoms with van der Waals surface area (Å²) in [5.74, 6) is 0.548. The highest BCUT2D eigenvalue weighted by atomic mass is 79.9. The maximum absolute atomic E-state index is 12.3. The predicted octanol–water partition coefficient (Wildman–Crippen LogP) is 6.17. The Morgan fingerprint density at radius 2 is 2.07 bits per heavy atom. The van der Waals surface area contributed by atoms with Gasteiger partial charge in [-0.15, -0.1) is 0 Å². The molecular formula is C31H34BrN5O4. The number of pyridine rings is 1. The number of rotatable bonds is 12. The minimum atomic E-state index is -0.366. The van der Waals surface area contributed by atoms with E-state index in [0.29, 0.717) is 59.3 Å². The standard InChI is InChI=1S/C31H34BrN5O4/c1-3-29(38)36-27-16-25-26(34-19-22(18-33)31(25)35-24-9-5-8-23(32)15-24)17-28(27)41-14-6-7-21-10-12-37(13-11-21)20-30(39)40-4-2/h3,5,8-9,15-17,19,21H,1,4,6-7,10-14,20H2,2H3,(H,34,35)(H,36,38). The zero-order chi connectivity index (χ0) is 29.2. The molecule has 2 aromatic carbocycles. The van der Waals surface area contributed by atoms with Gasteiger partial charge >= 0.3 is 5.97 Å². The van der Waals surface area contributed by atoms with Crippen LogP contribution in [0.3, 0.4) is 0 Å². The van der Waals surface area contributed by atoms with Gasteiger partial charge in [-0.25, -0.2) is 0 Å². The van der Waals surface area contributed by atoms with Gasteiger partial charge in [0.2, 0.25) is 5.91 Å². The van der Waals surface area contributed by atoms with Gasteiger partial charge in [-0.2, -0.15) is 5.26 Å². The maximum Gasteiger partial charge on any atom is 0.320 e. The van der Waals surface area contributed by atoms with Gasteiger partial charge in [-0.05, 0) is 82.0 Å². The second kappa shape index (κ2) is 14.6. The molecule has 1 fully saturated rings. The molecule has 41 heavy (non-hydrogen) atoms. The summed E-state index contributed by atoms with van der Waals surface area (Å²) in [4.78, 5) is 30.7. The van der Waals surface area contributed by atoms with Crippen LogP contribution in [0.2, 0.25) is 0 Å². The van der Waals surface area contributed by atoms with Crippen molar-refractivity contribution < 1.29 is 19.1 Å². The molecule has 0 atom stereocenters. The van der Waals surface area contributed by atoms with Crippen LogP contribution in [-0.4, -0.2) is 54.6 Å². The molecule has 1 amide bonds. The van der Waals surface area contributed by atoms with Crippen molar-refractivity contribution in [1.82, 2.24) is 9.88 Å². The van der Waals surface area contributed by atoms with Crippen LogP contribution >= 0.6 is 15.9 Å². The first-order valence-corrected chi connectivity index (χ1v) is 14.5. The number of halogens is 1. The van der Waals surface area contributed by atoms with Gasteiger partial charge in [-0.1, -0.05) is 28.6 Å². The lowest BCUT2D eigenvalue weighted by Crippen LogP contribution is -2.38. The number of nitrogens with zero attached hydrogens (tertiary/aromatic N) is 3. The molecule has 1 saturated heterocycles. The van der Waals surface area contributed by atoms with E-state index in [1.165, 1.54) is 12.3 Å². The van der Waals surface area contributed by atoms with E-state index >= 15 is 0 Å². The van der Waals surface area contributed by atoms with Gasteiger partial charge in [-0.3, -0.25) is 19.5 Å². The summed E-state index contributed by atoms with van der Waals surface area (Å²) in [5, 5.41) is 16.6. The van der Waals surface area contributed by atoms with Gasteiger partial charge in [0.25, 0.3) is 0 Å². The molecule has 1 aromatic heterocycles. The third kappa shape index (κ3) is 8.28. The summed E-state index contributed by atoms with van der Waals surface area (Å²) >= 11 is 3.48. The van der Waals surface area contributed by atoms with Crippen molar-refractivity contribution in [1.29, 1.82) is 5.26 Å². The summed E-state index contributed by atoms with van der Waals surface area (Å²) in [6.07, 6.45) is 6.67. The first-order valence-electron chi connectivity index (χ1n) is 13.7. The molecule has 0 spiro atoms. The zero-order valence-corrected chi connectivity index (χ0v) is 24.7. The van der Waals surface area contributed by atoms with E-state index in [9.17, 15) is 14.9 Å². The average molecular weight is 621 g/mol. The van der Waals surface area contributed by atoms with Gasteiger partial charge < -0.3 is 20.1 Å². The summed E-state index contributed by atoms with van der Waals surface area (Å²) in [5.41, 5.74) is 2.86. The van der Waals surface area contributed by atoms with E-state index in [1.54, 1.807) is 12.1 Å². The minimum absolute atomic E-state index is 0.163. The van der Waals surface area contributed by atoms with E-state index in [-0.39, 0.29) is 11.9 Å². The SMILES string of the molecule is C=CC(=O)Nc1cc2c(Nc3cccc(Br)c3)c(C#N)cnc2cc1OCCCC1CCN(CC(=O)OCC)CC1. The summed E-state index contributed by atoms with van der Waals surface area (Å²) < 4.78 is 12.1. The number of hydrogen-bond donors (Lipinski definition) is 2. The van der Waals surface area contributed by atoms with Crippen LogP contribution in [0.15, 0.2) is 59.7 Å². The van der Waals surface area contributed by atoms with Crippen LogP contribution in [0.5, 0.6) is 5.75 Å². The van der Waals surface area contributed by atoms with Crippen LogP contribution in [0.4, 0.5) is 17.1 Å². The number of aromatic nitrogens is 1. The molecule has 214 valence electrons. The summed E-state index contributed by atoms with van der Waals surface area (Å²) in [7, 11) is 0. The van der Waals surface area contributed by atoms with Gasteiger partial charge in [0.1, 0.15) is 11.8 Å². The molecule has 10 heteroatoms. The van der Waals surface area contributed by atoms with Gasteiger partial charge in [0.05, 0.1) is 42.2 Å². The maximum atomic E-state index is 12.3. The summed E-state index contributed by atoms with van der Waals surface area (Å²) in [6, 6.07) is 13.4. The number of ether oxygens (including phenoxy) is 2. The van der Waals surface area contributed by atoms with Crippen molar-refractivity contribution in [3.8, 4) is 11.8 Å². The molecule has 2 N–H and O–H groups in total. The van der Waals surface area contributed by atoms with Crippen molar-refractivity contribution in [3.63, 3.8) is 0 Å². The number of nitriles is 1. The lowest BCUT2D eigenvalue weighted by Gasteiger charge is -2.31. The number of amides is 1. The number of carbonyl (C=O) groups is 2. The third-order valence-electron chi connectivity index (χ3n) is 7.01. The molecule has 0 radical (unpaired) electrons. The fourth-order valence-corrected chi connectivity index (χ4v) is 5.33. The second-order valence-electron chi connectivity index (χ2n) is 9.87. The van der Waals surface area contributed by atoms with Gasteiger partial charge in [0, 0.05) is 27.8 Å². The molecule has 3 aromatic rings. The number of fused-ring (bicyclic) bond motifs is 1. The monoisotopic (exact) mass is 619 g/mol. The molecule has 0 unspecified atom stereocenters. The third-order valence-corrected chi connectivity index (χ3v) is 7.50. The molecule has 9 nitrogen and oxygen atoms in total. The Balaban J connectivity index is 1.46. The lowest BCUT2D eigenvalue weighted by molar-refractivity contribution is -0.144. The van der Waals surface area contributed by atoms with Crippen molar-refractivity contribution in [3.05, 3.63) is 65.3 Å². The van der Waals surface area contributed by atoms with E-state index in [0.717, 1.165) is 48.9 Å². The first kappa shape index (κ1) is 30.0. The number of anilines is 3. The predicted molar refractivity (Wildman–Crippen MR) is 163 cm³/mol. The Bertz CT molecular complexity index is 1450. The topological polar surface area (TPSA) is 117 Å². The first-order chi connectivity index (χ1) is 19.9. The van der Waals surface area contributed by atoms with Crippen molar-refractivity contribution in [2.24, 2.45) is 5.92 Å². The molecule has 4 rings (SSSR count). The molecule has 1 aliphatic heterocycles. The molecule has 1 aliphatic rings. The van der Waals surface area contributed by atoms with E-state index in [2.05, 4.69) is 49.1 Å². The number of piperidine rings is 1. The Morgan fingerprint density at radius 3 is 2.78 bits per heavy atom. The Morgan fingerprint density at radius 1 is 1.27 bits per heavy atom. The van der Waals surface area contributed by atoms with Crippen LogP contribution < -0.4 is 15.4 Å². The van der Waals surface area contributed by atoms with Crippen LogP contribution in [-0.2, 0) is 14.3 Å². The second-order valence-corrected chi connectivity index (χ2v) is 10.8. The quantitative estimate of drug-likeness (QED) is 0.140. The molecule has 0 saturated carbocycles. The van der Waals surface area contributed by atoms with Crippen LogP contribution in [0, 0.1) is 17.2 Å². The van der Waals surface area contributed by atoms with Crippen molar-refractivity contribution >= 4 is 55.8 Å². The fraction of sp³-hybridized carbons (Fsp3) is 0.355. The van der Waals surface area contributed by atoms with E-state index in [1.807, 2.05) is 31.2 Å². The van der Waals surface area contributed by atoms with Crippen molar-refractivity contribution in [2.75, 3.05) is 43.5 Å². The van der Waals surface area contributed by atoms with E-state index < -0.39 is 0 Å². The minimum Gasteiger partial charge on any atom is -0.491 e.